The zero-order chi connectivity index (χ0) is 36.5. The maximum atomic E-state index is 14.7. The molecule has 6 aromatic rings. The summed E-state index contributed by atoms with van der Waals surface area (Å²) < 4.78 is 24.8. The molecule has 1 aliphatic carbocycles. The number of aromatic hydroxyl groups is 1. The van der Waals surface area contributed by atoms with E-state index in [4.69, 9.17) is 9.84 Å². The Kier molecular flexibility index (Phi) is 9.76. The number of hydrogen-bond donors (Lipinski definition) is 1. The number of ether oxygens (including phenoxy) is 1. The van der Waals surface area contributed by atoms with E-state index in [1.54, 1.807) is 12.1 Å². The van der Waals surface area contributed by atoms with Gasteiger partial charge in [0, 0.05) is 44.5 Å². The first-order valence-corrected chi connectivity index (χ1v) is 18.5. The van der Waals surface area contributed by atoms with Crippen molar-refractivity contribution in [3.63, 3.8) is 0 Å². The number of halogens is 1. The van der Waals surface area contributed by atoms with Crippen LogP contribution in [0.4, 0.5) is 4.39 Å². The number of hydrogen-bond acceptors (Lipinski definition) is 7. The van der Waals surface area contributed by atoms with Crippen LogP contribution < -0.4 is 11.2 Å². The molecule has 2 aliphatic rings. The van der Waals surface area contributed by atoms with Gasteiger partial charge in [0.1, 0.15) is 11.6 Å². The topological polar surface area (TPSA) is 107 Å². The highest BCUT2D eigenvalue weighted by molar-refractivity contribution is 5.77. The zero-order valence-electron chi connectivity index (χ0n) is 29.8. The highest BCUT2D eigenvalue weighted by Gasteiger charge is 2.28. The van der Waals surface area contributed by atoms with Crippen LogP contribution in [0.1, 0.15) is 49.3 Å². The third kappa shape index (κ3) is 7.19. The second-order valence-electron chi connectivity index (χ2n) is 14.4. The van der Waals surface area contributed by atoms with Crippen molar-refractivity contribution in [3.8, 4) is 33.8 Å². The van der Waals surface area contributed by atoms with Gasteiger partial charge in [-0.2, -0.15) is 5.10 Å². The van der Waals surface area contributed by atoms with Gasteiger partial charge in [0.25, 0.3) is 5.56 Å². The van der Waals surface area contributed by atoms with E-state index in [9.17, 15) is 19.1 Å². The first-order chi connectivity index (χ1) is 25.8. The fourth-order valence-electron chi connectivity index (χ4n) is 8.15. The minimum Gasteiger partial charge on any atom is -0.508 e. The van der Waals surface area contributed by atoms with Gasteiger partial charge >= 0.3 is 5.69 Å². The number of aromatic nitrogens is 5. The molecule has 0 bridgehead atoms. The minimum absolute atomic E-state index is 0.0692. The van der Waals surface area contributed by atoms with E-state index in [1.165, 1.54) is 20.8 Å². The smallest absolute Gasteiger partial charge is 0.337 e. The van der Waals surface area contributed by atoms with Gasteiger partial charge in [-0.3, -0.25) is 18.9 Å². The van der Waals surface area contributed by atoms with Crippen LogP contribution in [0.5, 0.6) is 5.75 Å². The Labute approximate surface area is 306 Å². The molecule has 1 N–H and O–H groups in total. The van der Waals surface area contributed by atoms with Crippen LogP contribution in [0.2, 0.25) is 0 Å². The van der Waals surface area contributed by atoms with Crippen molar-refractivity contribution in [1.29, 1.82) is 0 Å². The Morgan fingerprint density at radius 2 is 1.66 bits per heavy atom. The second kappa shape index (κ2) is 14.9. The molecule has 10 nitrogen and oxygen atoms in total. The molecule has 0 amide bonds. The molecule has 2 fully saturated rings. The van der Waals surface area contributed by atoms with E-state index >= 15 is 0 Å². The van der Waals surface area contributed by atoms with E-state index in [0.717, 1.165) is 72.9 Å². The molecule has 53 heavy (non-hydrogen) atoms. The summed E-state index contributed by atoms with van der Waals surface area (Å²) in [4.78, 5) is 35.1. The lowest BCUT2D eigenvalue weighted by molar-refractivity contribution is 0.0342. The number of pyridine rings is 1. The maximum Gasteiger partial charge on any atom is 0.337 e. The van der Waals surface area contributed by atoms with E-state index in [1.807, 2.05) is 60.3 Å². The lowest BCUT2D eigenvalue weighted by atomic mass is 9.82. The molecule has 1 saturated carbocycles. The first kappa shape index (κ1) is 34.7. The van der Waals surface area contributed by atoms with E-state index in [0.29, 0.717) is 44.2 Å². The Hall–Kier alpha value is -5.39. The number of benzene rings is 3. The molecule has 3 aromatic carbocycles. The lowest BCUT2D eigenvalue weighted by Crippen LogP contribution is -2.43. The van der Waals surface area contributed by atoms with E-state index in [2.05, 4.69) is 28.2 Å². The monoisotopic (exact) mass is 714 g/mol. The number of phenols is 1. The highest BCUT2D eigenvalue weighted by Crippen LogP contribution is 2.35. The largest absolute Gasteiger partial charge is 0.508 e. The van der Waals surface area contributed by atoms with E-state index in [-0.39, 0.29) is 22.8 Å². The van der Waals surface area contributed by atoms with Crippen molar-refractivity contribution < 1.29 is 14.2 Å². The van der Waals surface area contributed by atoms with Gasteiger partial charge in [-0.05, 0) is 97.0 Å². The summed E-state index contributed by atoms with van der Waals surface area (Å²) in [5.74, 6) is -0.00966. The third-order valence-electron chi connectivity index (χ3n) is 10.8. The summed E-state index contributed by atoms with van der Waals surface area (Å²) in [5.41, 5.74) is 5.68. The van der Waals surface area contributed by atoms with Gasteiger partial charge in [-0.15, -0.1) is 0 Å². The zero-order valence-corrected chi connectivity index (χ0v) is 29.8. The molecule has 1 saturated heterocycles. The summed E-state index contributed by atoms with van der Waals surface area (Å²) in [6.07, 6.45) is 8.12. The van der Waals surface area contributed by atoms with Crippen molar-refractivity contribution >= 4 is 11.0 Å². The van der Waals surface area contributed by atoms with Crippen LogP contribution in [-0.2, 0) is 24.8 Å². The summed E-state index contributed by atoms with van der Waals surface area (Å²) in [7, 11) is 1.95. The fourth-order valence-corrected chi connectivity index (χ4v) is 8.15. The second-order valence-corrected chi connectivity index (χ2v) is 14.4. The average molecular weight is 715 g/mol. The van der Waals surface area contributed by atoms with Crippen LogP contribution >= 0.6 is 0 Å². The molecular formula is C42H43FN6O4. The number of morpholine rings is 1. The van der Waals surface area contributed by atoms with Crippen molar-refractivity contribution in [2.45, 2.75) is 51.1 Å². The molecule has 272 valence electrons. The Morgan fingerprint density at radius 3 is 2.45 bits per heavy atom. The summed E-state index contributed by atoms with van der Waals surface area (Å²) in [6.45, 7) is 3.53. The standard InChI is InChI=1S/C42H43FN6O4/c1-46-26-31(39(45-46)29-6-3-2-4-7-29)13-10-28-11-14-34(15-12-28)49-41(51)38-24-33(43)25-44-40(38)48(42(49)52)35-9-5-8-30(22-35)37-17-16-36(50)23-32(37)27-47-18-20-53-21-19-47/h2-9,16-17,22-26,28,34,50H,10-15,18-21,27H2,1H3. The van der Waals surface area contributed by atoms with Crippen LogP contribution in [0, 0.1) is 11.7 Å². The lowest BCUT2D eigenvalue weighted by Gasteiger charge is -2.30. The minimum atomic E-state index is -0.633. The first-order valence-electron chi connectivity index (χ1n) is 18.5. The number of nitrogens with zero attached hydrogens (tertiary/aromatic N) is 6. The normalized spacial score (nSPS) is 18.1. The number of fused-ring (bicyclic) bond motifs is 1. The number of rotatable bonds is 9. The quantitative estimate of drug-likeness (QED) is 0.179. The van der Waals surface area contributed by atoms with Gasteiger partial charge in [0.2, 0.25) is 0 Å². The van der Waals surface area contributed by atoms with Crippen LogP contribution in [0.15, 0.2) is 101 Å². The van der Waals surface area contributed by atoms with Crippen molar-refractivity contribution in [2.24, 2.45) is 13.0 Å². The van der Waals surface area contributed by atoms with Crippen LogP contribution in [0.3, 0.4) is 0 Å². The predicted molar refractivity (Wildman–Crippen MR) is 203 cm³/mol. The van der Waals surface area contributed by atoms with Crippen molar-refractivity contribution in [2.75, 3.05) is 26.3 Å². The summed E-state index contributed by atoms with van der Waals surface area (Å²) in [5, 5.41) is 15.2. The molecule has 0 atom stereocenters. The Morgan fingerprint density at radius 1 is 0.887 bits per heavy atom. The van der Waals surface area contributed by atoms with Gasteiger partial charge in [0.05, 0.1) is 36.2 Å². The van der Waals surface area contributed by atoms with Gasteiger partial charge < -0.3 is 9.84 Å². The van der Waals surface area contributed by atoms with E-state index < -0.39 is 17.1 Å². The molecule has 0 unspecified atom stereocenters. The van der Waals surface area contributed by atoms with Crippen molar-refractivity contribution in [1.82, 2.24) is 28.8 Å². The molecule has 8 rings (SSSR count). The van der Waals surface area contributed by atoms with Gasteiger partial charge in [-0.25, -0.2) is 18.7 Å². The fraction of sp³-hybridized carbons (Fsp3) is 0.333. The molecule has 11 heteroatoms. The summed E-state index contributed by atoms with van der Waals surface area (Å²) in [6, 6.07) is 23.9. The Bertz CT molecular complexity index is 2370. The molecular weight excluding hydrogens is 671 g/mol. The molecule has 1 aliphatic heterocycles. The van der Waals surface area contributed by atoms with Crippen LogP contribution in [0.25, 0.3) is 39.1 Å². The molecule has 0 radical (unpaired) electrons. The number of phenolic OH excluding ortho intramolecular Hbond substituents is 1. The third-order valence-corrected chi connectivity index (χ3v) is 10.8. The van der Waals surface area contributed by atoms with Crippen LogP contribution in [-0.4, -0.2) is 60.2 Å². The number of aryl methyl sites for hydroxylation is 2. The Balaban J connectivity index is 1.08. The molecule has 0 spiro atoms. The average Bonchev–Trinajstić information content (AvgIpc) is 3.56. The van der Waals surface area contributed by atoms with Gasteiger partial charge in [0.15, 0.2) is 5.65 Å². The molecule has 3 aromatic heterocycles. The summed E-state index contributed by atoms with van der Waals surface area (Å²) >= 11 is 0. The van der Waals surface area contributed by atoms with Gasteiger partial charge in [-0.1, -0.05) is 48.5 Å². The molecule has 4 heterocycles. The van der Waals surface area contributed by atoms with Crippen molar-refractivity contribution in [3.05, 3.63) is 129 Å². The maximum absolute atomic E-state index is 14.7. The SMILES string of the molecule is Cn1cc(CCC2CCC(n3c(=O)c4cc(F)cnc4n(-c4cccc(-c5ccc(O)cc5CN5CCOCC5)c4)c3=O)CC2)c(-c2ccccc2)n1. The predicted octanol–water partition coefficient (Wildman–Crippen LogP) is 6.66. The highest BCUT2D eigenvalue weighted by atomic mass is 19.1.